The minimum absolute atomic E-state index is 0.249. The van der Waals surface area contributed by atoms with Gasteiger partial charge in [0.1, 0.15) is 5.75 Å². The number of hydroxylamine groups is 1. The van der Waals surface area contributed by atoms with Crippen LogP contribution in [0.15, 0.2) is 53.0 Å². The molecule has 0 aromatic heterocycles. The number of nitrogens with one attached hydrogen (secondary N) is 1. The molecule has 0 atom stereocenters. The molecule has 0 unspecified atom stereocenters. The fourth-order valence-corrected chi connectivity index (χ4v) is 2.49. The maximum atomic E-state index is 12.3. The van der Waals surface area contributed by atoms with Crippen LogP contribution in [0.3, 0.4) is 0 Å². The Morgan fingerprint density at radius 2 is 2.04 bits per heavy atom. The molecule has 1 N–H and O–H groups in total. The minimum Gasteiger partial charge on any atom is -0.495 e. The maximum Gasteiger partial charge on any atom is 0.439 e. The van der Waals surface area contributed by atoms with Gasteiger partial charge in [0.2, 0.25) is 6.41 Å². The van der Waals surface area contributed by atoms with Gasteiger partial charge in [-0.15, -0.1) is 0 Å². The van der Waals surface area contributed by atoms with Gasteiger partial charge in [-0.1, -0.05) is 40.2 Å². The van der Waals surface area contributed by atoms with Crippen LogP contribution in [0.5, 0.6) is 5.75 Å². The number of carbonyl (C=O) groups is 2. The second-order valence-electron chi connectivity index (χ2n) is 4.49. The second-order valence-corrected chi connectivity index (χ2v) is 5.41. The van der Waals surface area contributed by atoms with E-state index in [2.05, 4.69) is 15.9 Å². The summed E-state index contributed by atoms with van der Waals surface area (Å²) >= 11 is 3.40. The number of hydrogen-bond acceptors (Lipinski definition) is 4. The third kappa shape index (κ3) is 4.46. The molecule has 0 aliphatic carbocycles. The number of amides is 2. The summed E-state index contributed by atoms with van der Waals surface area (Å²) in [5.41, 5.74) is 3.33. The number of halogens is 1. The lowest BCUT2D eigenvalue weighted by Gasteiger charge is -2.23. The number of anilines is 1. The van der Waals surface area contributed by atoms with Crippen molar-refractivity contribution >= 4 is 34.1 Å². The predicted molar refractivity (Wildman–Crippen MR) is 89.0 cm³/mol. The summed E-state index contributed by atoms with van der Waals surface area (Å²) in [6.45, 7) is 0.249. The zero-order chi connectivity index (χ0) is 16.7. The van der Waals surface area contributed by atoms with Crippen LogP contribution in [0.1, 0.15) is 5.56 Å². The first-order chi connectivity index (χ1) is 11.2. The highest BCUT2D eigenvalue weighted by Crippen LogP contribution is 2.29. The first kappa shape index (κ1) is 16.8. The van der Waals surface area contributed by atoms with Crippen LogP contribution in [0.4, 0.5) is 10.5 Å². The Morgan fingerprint density at radius 3 is 2.74 bits per heavy atom. The zero-order valence-corrected chi connectivity index (χ0v) is 13.9. The fourth-order valence-electron chi connectivity index (χ4n) is 2.05. The molecule has 0 aliphatic heterocycles. The fraction of sp³-hybridized carbons (Fsp3) is 0.125. The van der Waals surface area contributed by atoms with Gasteiger partial charge >= 0.3 is 6.09 Å². The van der Waals surface area contributed by atoms with Gasteiger partial charge in [-0.25, -0.2) is 4.79 Å². The highest BCUT2D eigenvalue weighted by Gasteiger charge is 2.21. The molecule has 0 bridgehead atoms. The molecule has 23 heavy (non-hydrogen) atoms. The summed E-state index contributed by atoms with van der Waals surface area (Å²) in [5, 5.41) is 0. The van der Waals surface area contributed by atoms with E-state index in [0.717, 1.165) is 10.0 Å². The van der Waals surface area contributed by atoms with Crippen molar-refractivity contribution in [3.63, 3.8) is 0 Å². The molecule has 0 aliphatic rings. The van der Waals surface area contributed by atoms with Crippen LogP contribution in [0.25, 0.3) is 0 Å². The van der Waals surface area contributed by atoms with Gasteiger partial charge in [-0.05, 0) is 29.8 Å². The van der Waals surface area contributed by atoms with Crippen LogP contribution in [-0.2, 0) is 16.2 Å². The van der Waals surface area contributed by atoms with Crippen LogP contribution in [0, 0.1) is 0 Å². The Labute approximate surface area is 142 Å². The average Bonchev–Trinajstić information content (AvgIpc) is 2.57. The summed E-state index contributed by atoms with van der Waals surface area (Å²) in [6.07, 6.45) is -0.432. The second kappa shape index (κ2) is 8.19. The van der Waals surface area contributed by atoms with E-state index in [0.29, 0.717) is 11.4 Å². The Kier molecular flexibility index (Phi) is 5.99. The number of ether oxygens (including phenoxy) is 1. The van der Waals surface area contributed by atoms with Gasteiger partial charge in [0.25, 0.3) is 0 Å². The normalized spacial score (nSPS) is 9.83. The van der Waals surface area contributed by atoms with Crippen LogP contribution >= 0.6 is 15.9 Å². The SMILES string of the molecule is COc1ccccc1N(Cc1cccc(Br)c1)C(=O)ONC=O. The van der Waals surface area contributed by atoms with E-state index in [1.807, 2.05) is 29.7 Å². The summed E-state index contributed by atoms with van der Waals surface area (Å²) in [4.78, 5) is 28.7. The van der Waals surface area contributed by atoms with E-state index in [-0.39, 0.29) is 13.0 Å². The highest BCUT2D eigenvalue weighted by molar-refractivity contribution is 9.10. The van der Waals surface area contributed by atoms with Gasteiger partial charge in [0.05, 0.1) is 19.3 Å². The molecule has 2 amide bonds. The monoisotopic (exact) mass is 378 g/mol. The topological polar surface area (TPSA) is 67.9 Å². The van der Waals surface area contributed by atoms with E-state index in [1.165, 1.54) is 12.0 Å². The van der Waals surface area contributed by atoms with Crippen molar-refractivity contribution in [1.82, 2.24) is 5.48 Å². The van der Waals surface area contributed by atoms with Gasteiger partial charge in [-0.2, -0.15) is 5.48 Å². The molecular weight excluding hydrogens is 364 g/mol. The molecule has 0 spiro atoms. The first-order valence-electron chi connectivity index (χ1n) is 6.70. The lowest BCUT2D eigenvalue weighted by atomic mass is 10.2. The third-order valence-electron chi connectivity index (χ3n) is 3.02. The van der Waals surface area contributed by atoms with E-state index in [4.69, 9.17) is 9.57 Å². The molecule has 0 saturated heterocycles. The first-order valence-corrected chi connectivity index (χ1v) is 7.50. The quantitative estimate of drug-likeness (QED) is 0.618. The van der Waals surface area contributed by atoms with Gasteiger partial charge in [0.15, 0.2) is 0 Å². The number of carbonyl (C=O) groups excluding carboxylic acids is 2. The number of para-hydroxylation sites is 2. The largest absolute Gasteiger partial charge is 0.495 e. The van der Waals surface area contributed by atoms with Crippen molar-refractivity contribution in [3.8, 4) is 5.75 Å². The Hall–Kier alpha value is -2.54. The summed E-state index contributed by atoms with van der Waals surface area (Å²) in [7, 11) is 1.52. The lowest BCUT2D eigenvalue weighted by Crippen LogP contribution is -2.34. The van der Waals surface area contributed by atoms with Crippen LogP contribution < -0.4 is 15.1 Å². The molecular formula is C16H15BrN2O4. The van der Waals surface area contributed by atoms with Crippen molar-refractivity contribution in [3.05, 3.63) is 58.6 Å². The van der Waals surface area contributed by atoms with Crippen molar-refractivity contribution in [1.29, 1.82) is 0 Å². The molecule has 0 heterocycles. The number of benzene rings is 2. The number of rotatable bonds is 6. The van der Waals surface area contributed by atoms with Gasteiger partial charge in [0, 0.05) is 4.47 Å². The maximum absolute atomic E-state index is 12.3. The Balaban J connectivity index is 2.35. The molecule has 7 heteroatoms. The van der Waals surface area contributed by atoms with Crippen molar-refractivity contribution in [2.75, 3.05) is 12.0 Å². The van der Waals surface area contributed by atoms with Crippen molar-refractivity contribution < 1.29 is 19.2 Å². The van der Waals surface area contributed by atoms with E-state index in [9.17, 15) is 9.59 Å². The van der Waals surface area contributed by atoms with Crippen LogP contribution in [0.2, 0.25) is 0 Å². The molecule has 0 saturated carbocycles. The number of nitrogens with zero attached hydrogens (tertiary/aromatic N) is 1. The Morgan fingerprint density at radius 1 is 1.26 bits per heavy atom. The summed E-state index contributed by atoms with van der Waals surface area (Å²) < 4.78 is 6.19. The molecule has 6 nitrogen and oxygen atoms in total. The van der Waals surface area contributed by atoms with E-state index < -0.39 is 6.09 Å². The number of hydrogen-bond donors (Lipinski definition) is 1. The molecule has 2 aromatic rings. The van der Waals surface area contributed by atoms with E-state index in [1.54, 1.807) is 24.3 Å². The summed E-state index contributed by atoms with van der Waals surface area (Å²) in [5.74, 6) is 0.519. The predicted octanol–water partition coefficient (Wildman–Crippen LogP) is 3.26. The molecule has 2 rings (SSSR count). The van der Waals surface area contributed by atoms with Gasteiger partial charge < -0.3 is 9.57 Å². The van der Waals surface area contributed by atoms with E-state index >= 15 is 0 Å². The highest BCUT2D eigenvalue weighted by atomic mass is 79.9. The van der Waals surface area contributed by atoms with Crippen LogP contribution in [-0.4, -0.2) is 19.6 Å². The zero-order valence-electron chi connectivity index (χ0n) is 12.4. The van der Waals surface area contributed by atoms with Crippen molar-refractivity contribution in [2.24, 2.45) is 0 Å². The average molecular weight is 379 g/mol. The molecule has 0 fully saturated rings. The minimum atomic E-state index is -0.721. The summed E-state index contributed by atoms with van der Waals surface area (Å²) in [6, 6.07) is 14.6. The smallest absolute Gasteiger partial charge is 0.439 e. The lowest BCUT2D eigenvalue weighted by molar-refractivity contribution is -0.116. The van der Waals surface area contributed by atoms with Crippen molar-refractivity contribution in [2.45, 2.75) is 6.54 Å². The van der Waals surface area contributed by atoms with Gasteiger partial charge in [-0.3, -0.25) is 9.69 Å². The standard InChI is InChI=1S/C16H15BrN2O4/c1-22-15-8-3-2-7-14(15)19(16(21)23-18-11-20)10-12-5-4-6-13(17)9-12/h2-9,11H,10H2,1H3,(H,18,20). The molecule has 120 valence electrons. The molecule has 2 aromatic carbocycles. The Bertz CT molecular complexity index is 693. The molecule has 0 radical (unpaired) electrons. The third-order valence-corrected chi connectivity index (χ3v) is 3.51. The number of methoxy groups -OCH3 is 1.